The van der Waals surface area contributed by atoms with E-state index in [0.717, 1.165) is 38.3 Å². The van der Waals surface area contributed by atoms with E-state index >= 15 is 0 Å². The van der Waals surface area contributed by atoms with Crippen LogP contribution in [0.2, 0.25) is 0 Å². The molecule has 8 heteroatoms. The number of nitrogens with one attached hydrogen (secondary N) is 3. The summed E-state index contributed by atoms with van der Waals surface area (Å²) in [6, 6.07) is 10.4. The number of hydrogen-bond acceptors (Lipinski definition) is 4. The quantitative estimate of drug-likeness (QED) is 0.251. The van der Waals surface area contributed by atoms with Gasteiger partial charge in [0.1, 0.15) is 5.75 Å². The number of guanidine groups is 1. The first kappa shape index (κ1) is 23.5. The highest BCUT2D eigenvalue weighted by atomic mass is 127. The highest BCUT2D eigenvalue weighted by Crippen LogP contribution is 2.18. The van der Waals surface area contributed by atoms with Gasteiger partial charge >= 0.3 is 0 Å². The van der Waals surface area contributed by atoms with E-state index in [0.29, 0.717) is 18.3 Å². The lowest BCUT2D eigenvalue weighted by atomic mass is 10.1. The molecule has 0 saturated heterocycles. The number of hydrogen-bond donors (Lipinski definition) is 3. The summed E-state index contributed by atoms with van der Waals surface area (Å²) in [6.07, 6.45) is 3.05. The molecular formula is C21H29IN4O2S. The van der Waals surface area contributed by atoms with Gasteiger partial charge in [0.25, 0.3) is 5.91 Å². The molecule has 3 N–H and O–H groups in total. The Labute approximate surface area is 193 Å². The van der Waals surface area contributed by atoms with Crippen LogP contribution in [-0.2, 0) is 17.8 Å². The standard InChI is InChI=1S/C21H28N4O2S.HI/c1-2-22-21(24-13-17-10-12-28-15-17)23-11-9-16-3-7-19(8-4-16)27-14-20(26)25-18-5-6-18;/h3-4,7-8,10,12,15,18H,2,5-6,9,11,13-14H2,1H3,(H,25,26)(H2,22,23,24);1H. The van der Waals surface area contributed by atoms with Crippen LogP contribution in [0.4, 0.5) is 0 Å². The maximum Gasteiger partial charge on any atom is 0.258 e. The highest BCUT2D eigenvalue weighted by Gasteiger charge is 2.23. The first-order valence-corrected chi connectivity index (χ1v) is 10.7. The van der Waals surface area contributed by atoms with Crippen molar-refractivity contribution in [2.24, 2.45) is 4.99 Å². The Kier molecular flexibility index (Phi) is 10.3. The first-order chi connectivity index (χ1) is 13.7. The molecule has 1 heterocycles. The first-order valence-electron chi connectivity index (χ1n) is 9.77. The Hall–Kier alpha value is -1.81. The van der Waals surface area contributed by atoms with Gasteiger partial charge in [-0.25, -0.2) is 4.99 Å². The lowest BCUT2D eigenvalue weighted by molar-refractivity contribution is -0.123. The van der Waals surface area contributed by atoms with E-state index in [1.54, 1.807) is 11.3 Å². The molecule has 0 unspecified atom stereocenters. The van der Waals surface area contributed by atoms with E-state index in [2.05, 4.69) is 44.7 Å². The van der Waals surface area contributed by atoms with Crippen LogP contribution in [0, 0.1) is 0 Å². The van der Waals surface area contributed by atoms with Gasteiger partial charge in [0.2, 0.25) is 0 Å². The van der Waals surface area contributed by atoms with Crippen LogP contribution in [0.1, 0.15) is 30.9 Å². The zero-order valence-corrected chi connectivity index (χ0v) is 19.8. The fourth-order valence-electron chi connectivity index (χ4n) is 2.62. The summed E-state index contributed by atoms with van der Waals surface area (Å²) in [5, 5.41) is 13.7. The number of carbonyl (C=O) groups is 1. The minimum absolute atomic E-state index is 0. The molecule has 1 saturated carbocycles. The summed E-state index contributed by atoms with van der Waals surface area (Å²) in [5.74, 6) is 1.50. The van der Waals surface area contributed by atoms with Crippen molar-refractivity contribution in [3.63, 3.8) is 0 Å². The van der Waals surface area contributed by atoms with Crippen molar-refractivity contribution in [3.05, 3.63) is 52.2 Å². The van der Waals surface area contributed by atoms with Crippen LogP contribution < -0.4 is 20.7 Å². The number of nitrogens with zero attached hydrogens (tertiary/aromatic N) is 1. The van der Waals surface area contributed by atoms with Crippen LogP contribution in [0.15, 0.2) is 46.1 Å². The second-order valence-electron chi connectivity index (χ2n) is 6.78. The third kappa shape index (κ3) is 9.03. The van der Waals surface area contributed by atoms with Crippen molar-refractivity contribution in [2.75, 3.05) is 19.7 Å². The summed E-state index contributed by atoms with van der Waals surface area (Å²) in [4.78, 5) is 16.3. The summed E-state index contributed by atoms with van der Waals surface area (Å²) >= 11 is 1.69. The minimum Gasteiger partial charge on any atom is -0.484 e. The van der Waals surface area contributed by atoms with Gasteiger partial charge in [0.15, 0.2) is 12.6 Å². The Morgan fingerprint density at radius 2 is 1.97 bits per heavy atom. The molecule has 158 valence electrons. The predicted molar refractivity (Wildman–Crippen MR) is 129 cm³/mol. The molecule has 1 amide bonds. The second kappa shape index (κ2) is 12.7. The van der Waals surface area contributed by atoms with Gasteiger partial charge in [-0.15, -0.1) is 24.0 Å². The fraction of sp³-hybridized carbons (Fsp3) is 0.429. The topological polar surface area (TPSA) is 74.8 Å². The van der Waals surface area contributed by atoms with Gasteiger partial charge in [-0.1, -0.05) is 12.1 Å². The number of carbonyl (C=O) groups excluding carboxylic acids is 1. The van der Waals surface area contributed by atoms with Gasteiger partial charge in [-0.2, -0.15) is 11.3 Å². The number of rotatable bonds is 10. The van der Waals surface area contributed by atoms with Crippen molar-refractivity contribution in [2.45, 2.75) is 38.8 Å². The van der Waals surface area contributed by atoms with Crippen LogP contribution in [-0.4, -0.2) is 37.6 Å². The molecule has 1 aromatic carbocycles. The molecule has 0 radical (unpaired) electrons. The molecule has 1 aromatic heterocycles. The largest absolute Gasteiger partial charge is 0.484 e. The molecule has 0 spiro atoms. The van der Waals surface area contributed by atoms with Gasteiger partial charge in [0, 0.05) is 19.1 Å². The maximum absolute atomic E-state index is 11.7. The lowest BCUT2D eigenvalue weighted by Crippen LogP contribution is -2.38. The van der Waals surface area contributed by atoms with Crippen molar-refractivity contribution in [3.8, 4) is 5.75 Å². The number of ether oxygens (including phenoxy) is 1. The van der Waals surface area contributed by atoms with Gasteiger partial charge in [-0.3, -0.25) is 4.79 Å². The molecule has 6 nitrogen and oxygen atoms in total. The van der Waals surface area contributed by atoms with Crippen molar-refractivity contribution in [1.29, 1.82) is 0 Å². The molecule has 1 aliphatic carbocycles. The molecule has 2 aromatic rings. The lowest BCUT2D eigenvalue weighted by Gasteiger charge is -2.11. The van der Waals surface area contributed by atoms with Gasteiger partial charge in [0.05, 0.1) is 6.54 Å². The highest BCUT2D eigenvalue weighted by molar-refractivity contribution is 14.0. The van der Waals surface area contributed by atoms with Crippen LogP contribution in [0.25, 0.3) is 0 Å². The predicted octanol–water partition coefficient (Wildman–Crippen LogP) is 3.32. The molecule has 0 bridgehead atoms. The average molecular weight is 528 g/mol. The minimum atomic E-state index is -0.0477. The second-order valence-corrected chi connectivity index (χ2v) is 7.56. The molecule has 1 fully saturated rings. The number of benzene rings is 1. The van der Waals surface area contributed by atoms with Gasteiger partial charge in [-0.05, 0) is 66.3 Å². The molecule has 0 aliphatic heterocycles. The van der Waals surface area contributed by atoms with Gasteiger partial charge < -0.3 is 20.7 Å². The van der Waals surface area contributed by atoms with Crippen molar-refractivity contribution in [1.82, 2.24) is 16.0 Å². The van der Waals surface area contributed by atoms with Crippen LogP contribution in [0.5, 0.6) is 5.75 Å². The van der Waals surface area contributed by atoms with Crippen LogP contribution in [0.3, 0.4) is 0 Å². The molecule has 3 rings (SSSR count). The monoisotopic (exact) mass is 528 g/mol. The zero-order valence-electron chi connectivity index (χ0n) is 16.6. The van der Waals surface area contributed by atoms with E-state index in [1.807, 2.05) is 24.3 Å². The van der Waals surface area contributed by atoms with Crippen LogP contribution >= 0.6 is 35.3 Å². The average Bonchev–Trinajstić information content (AvgIpc) is 3.36. The van der Waals surface area contributed by atoms with Crippen molar-refractivity contribution >= 4 is 47.2 Å². The molecule has 0 atom stereocenters. The summed E-state index contributed by atoms with van der Waals surface area (Å²) in [5.41, 5.74) is 2.43. The van der Waals surface area contributed by atoms with E-state index in [4.69, 9.17) is 4.74 Å². The smallest absolute Gasteiger partial charge is 0.258 e. The Morgan fingerprint density at radius 1 is 1.17 bits per heavy atom. The number of aliphatic imine (C=N–C) groups is 1. The third-order valence-corrected chi connectivity index (χ3v) is 5.02. The maximum atomic E-state index is 11.7. The zero-order chi connectivity index (χ0) is 19.6. The number of amides is 1. The summed E-state index contributed by atoms with van der Waals surface area (Å²) in [7, 11) is 0. The SMILES string of the molecule is CCNC(=NCc1ccsc1)NCCc1ccc(OCC(=O)NC2CC2)cc1.I. The number of halogens is 1. The van der Waals surface area contributed by atoms with E-state index in [9.17, 15) is 4.79 Å². The summed E-state index contributed by atoms with van der Waals surface area (Å²) in [6.45, 7) is 4.43. The van der Waals surface area contributed by atoms with Crippen molar-refractivity contribution < 1.29 is 9.53 Å². The Bertz CT molecular complexity index is 761. The normalized spacial score (nSPS) is 13.3. The number of thiophene rings is 1. The Balaban J connectivity index is 0.00000300. The molecule has 29 heavy (non-hydrogen) atoms. The Morgan fingerprint density at radius 3 is 2.62 bits per heavy atom. The summed E-state index contributed by atoms with van der Waals surface area (Å²) < 4.78 is 5.54. The molecule has 1 aliphatic rings. The van der Waals surface area contributed by atoms with E-state index in [1.165, 1.54) is 11.1 Å². The van der Waals surface area contributed by atoms with E-state index in [-0.39, 0.29) is 36.5 Å². The third-order valence-electron chi connectivity index (χ3n) is 4.29. The fourth-order valence-corrected chi connectivity index (χ4v) is 3.28. The van der Waals surface area contributed by atoms with E-state index < -0.39 is 0 Å². The molecular weight excluding hydrogens is 499 g/mol.